The monoisotopic (exact) mass is 259 g/mol. The van der Waals surface area contributed by atoms with Gasteiger partial charge in [0, 0.05) is 17.3 Å². The maximum absolute atomic E-state index is 13.7. The van der Waals surface area contributed by atoms with Crippen LogP contribution in [0.4, 0.5) is 4.39 Å². The first-order chi connectivity index (χ1) is 9.01. The van der Waals surface area contributed by atoms with Gasteiger partial charge in [0.05, 0.1) is 18.2 Å². The predicted molar refractivity (Wildman–Crippen MR) is 66.3 cm³/mol. The van der Waals surface area contributed by atoms with Gasteiger partial charge in [0.25, 0.3) is 5.56 Å². The molecule has 6 heteroatoms. The van der Waals surface area contributed by atoms with Gasteiger partial charge in [-0.2, -0.15) is 5.26 Å². The number of nitriles is 1. The summed E-state index contributed by atoms with van der Waals surface area (Å²) in [6, 6.07) is 5.86. The van der Waals surface area contributed by atoms with Gasteiger partial charge in [-0.05, 0) is 19.1 Å². The quantitative estimate of drug-likeness (QED) is 0.870. The van der Waals surface area contributed by atoms with Crippen LogP contribution in [0.25, 0.3) is 0 Å². The Kier molecular flexibility index (Phi) is 3.29. The number of aryl methyl sites for hydroxylation is 1. The van der Waals surface area contributed by atoms with Gasteiger partial charge in [-0.1, -0.05) is 6.07 Å². The number of rotatable bonds is 2. The molecular weight excluding hydrogens is 249 g/mol. The van der Waals surface area contributed by atoms with Crippen LogP contribution < -0.4 is 11.2 Å². The first-order valence-electron chi connectivity index (χ1n) is 5.50. The summed E-state index contributed by atoms with van der Waals surface area (Å²) in [5, 5.41) is 8.64. The van der Waals surface area contributed by atoms with E-state index in [1.165, 1.54) is 22.9 Å². The van der Waals surface area contributed by atoms with Gasteiger partial charge in [-0.3, -0.25) is 14.3 Å². The molecule has 5 nitrogen and oxygen atoms in total. The lowest BCUT2D eigenvalue weighted by molar-refractivity contribution is 0.591. The Balaban J connectivity index is 2.42. The van der Waals surface area contributed by atoms with Crippen molar-refractivity contribution in [1.29, 1.82) is 5.26 Å². The number of aromatic amines is 1. The average Bonchev–Trinajstić information content (AvgIpc) is 2.38. The summed E-state index contributed by atoms with van der Waals surface area (Å²) < 4.78 is 14.9. The first-order valence-corrected chi connectivity index (χ1v) is 5.50. The third-order valence-electron chi connectivity index (χ3n) is 2.71. The van der Waals surface area contributed by atoms with Crippen molar-refractivity contribution < 1.29 is 4.39 Å². The molecule has 0 atom stereocenters. The van der Waals surface area contributed by atoms with Crippen molar-refractivity contribution in [3.63, 3.8) is 0 Å². The molecule has 1 aromatic carbocycles. The van der Waals surface area contributed by atoms with Crippen LogP contribution in [0.3, 0.4) is 0 Å². The first kappa shape index (κ1) is 12.8. The summed E-state index contributed by atoms with van der Waals surface area (Å²) in [6.07, 6.45) is 1.37. The Morgan fingerprint density at radius 3 is 2.79 bits per heavy atom. The molecule has 0 aliphatic heterocycles. The highest BCUT2D eigenvalue weighted by atomic mass is 19.1. The molecule has 96 valence electrons. The maximum atomic E-state index is 13.7. The lowest BCUT2D eigenvalue weighted by Gasteiger charge is -2.07. The van der Waals surface area contributed by atoms with Gasteiger partial charge >= 0.3 is 5.69 Å². The molecule has 0 saturated carbocycles. The Labute approximate surface area is 107 Å². The van der Waals surface area contributed by atoms with E-state index < -0.39 is 17.1 Å². The second-order valence-corrected chi connectivity index (χ2v) is 4.12. The van der Waals surface area contributed by atoms with Gasteiger partial charge in [-0.25, -0.2) is 9.18 Å². The Bertz CT molecular complexity index is 784. The highest BCUT2D eigenvalue weighted by Crippen LogP contribution is 2.10. The van der Waals surface area contributed by atoms with E-state index in [1.807, 2.05) is 6.07 Å². The van der Waals surface area contributed by atoms with Crippen molar-refractivity contribution in [3.8, 4) is 6.07 Å². The molecule has 0 saturated heterocycles. The second kappa shape index (κ2) is 4.90. The van der Waals surface area contributed by atoms with Gasteiger partial charge in [0.2, 0.25) is 0 Å². The van der Waals surface area contributed by atoms with Crippen LogP contribution in [0.15, 0.2) is 34.0 Å². The van der Waals surface area contributed by atoms with Crippen LogP contribution >= 0.6 is 0 Å². The molecule has 0 unspecified atom stereocenters. The SMILES string of the molecule is Cc1cn(Cc2ccc(C#N)cc2F)c(=O)[nH]c1=O. The van der Waals surface area contributed by atoms with Crippen LogP contribution in [0, 0.1) is 24.1 Å². The number of H-pyrrole nitrogens is 1. The number of nitrogens with zero attached hydrogens (tertiary/aromatic N) is 2. The fourth-order valence-corrected chi connectivity index (χ4v) is 1.66. The minimum atomic E-state index is -0.598. The van der Waals surface area contributed by atoms with Crippen molar-refractivity contribution in [2.45, 2.75) is 13.5 Å². The Morgan fingerprint density at radius 2 is 2.16 bits per heavy atom. The van der Waals surface area contributed by atoms with Crippen molar-refractivity contribution in [2.75, 3.05) is 0 Å². The number of hydrogen-bond acceptors (Lipinski definition) is 3. The number of hydrogen-bond donors (Lipinski definition) is 1. The van der Waals surface area contributed by atoms with Crippen LogP contribution in [0.5, 0.6) is 0 Å². The third-order valence-corrected chi connectivity index (χ3v) is 2.71. The molecule has 0 aliphatic carbocycles. The summed E-state index contributed by atoms with van der Waals surface area (Å²) in [5.74, 6) is -0.560. The van der Waals surface area contributed by atoms with Crippen LogP contribution in [-0.2, 0) is 6.54 Å². The van der Waals surface area contributed by atoms with Crippen molar-refractivity contribution in [2.24, 2.45) is 0 Å². The molecule has 2 aromatic rings. The lowest BCUT2D eigenvalue weighted by Crippen LogP contribution is -2.31. The number of aromatic nitrogens is 2. The fourth-order valence-electron chi connectivity index (χ4n) is 1.66. The molecule has 0 bridgehead atoms. The van der Waals surface area contributed by atoms with E-state index in [1.54, 1.807) is 6.92 Å². The molecule has 0 aliphatic rings. The molecule has 1 aromatic heterocycles. The number of nitrogens with one attached hydrogen (secondary N) is 1. The summed E-state index contributed by atoms with van der Waals surface area (Å²) in [5.41, 5.74) is -0.201. The van der Waals surface area contributed by atoms with E-state index in [4.69, 9.17) is 5.26 Å². The van der Waals surface area contributed by atoms with E-state index in [9.17, 15) is 14.0 Å². The molecule has 1 heterocycles. The normalized spacial score (nSPS) is 10.2. The Hall–Kier alpha value is -2.68. The van der Waals surface area contributed by atoms with Gasteiger partial charge in [0.15, 0.2) is 0 Å². The molecule has 2 rings (SSSR count). The van der Waals surface area contributed by atoms with Crippen molar-refractivity contribution >= 4 is 0 Å². The summed E-state index contributed by atoms with van der Waals surface area (Å²) >= 11 is 0. The van der Waals surface area contributed by atoms with Crippen molar-refractivity contribution in [3.05, 3.63) is 67.7 Å². The van der Waals surface area contributed by atoms with Crippen LogP contribution in [0.2, 0.25) is 0 Å². The highest BCUT2D eigenvalue weighted by molar-refractivity contribution is 5.33. The van der Waals surface area contributed by atoms with Crippen LogP contribution in [-0.4, -0.2) is 9.55 Å². The minimum Gasteiger partial charge on any atom is -0.296 e. The van der Waals surface area contributed by atoms with E-state index in [0.717, 1.165) is 6.07 Å². The smallest absolute Gasteiger partial charge is 0.296 e. The zero-order chi connectivity index (χ0) is 14.0. The molecule has 0 fully saturated rings. The zero-order valence-electron chi connectivity index (χ0n) is 10.1. The third kappa shape index (κ3) is 2.60. The van der Waals surface area contributed by atoms with Crippen LogP contribution in [0.1, 0.15) is 16.7 Å². The molecule has 0 radical (unpaired) electrons. The molecule has 0 amide bonds. The fraction of sp³-hybridized carbons (Fsp3) is 0.154. The zero-order valence-corrected chi connectivity index (χ0v) is 10.1. The summed E-state index contributed by atoms with van der Waals surface area (Å²) in [7, 11) is 0. The summed E-state index contributed by atoms with van der Waals surface area (Å²) in [4.78, 5) is 24.9. The topological polar surface area (TPSA) is 78.7 Å². The minimum absolute atomic E-state index is 0.00596. The standard InChI is InChI=1S/C13H10FN3O2/c1-8-6-17(13(19)16-12(8)18)7-10-3-2-9(5-15)4-11(10)14/h2-4,6H,7H2,1H3,(H,16,18,19). The average molecular weight is 259 g/mol. The molecule has 19 heavy (non-hydrogen) atoms. The largest absolute Gasteiger partial charge is 0.328 e. The summed E-state index contributed by atoms with van der Waals surface area (Å²) in [6.45, 7) is 1.55. The lowest BCUT2D eigenvalue weighted by atomic mass is 10.1. The van der Waals surface area contributed by atoms with E-state index in [2.05, 4.69) is 4.98 Å². The second-order valence-electron chi connectivity index (χ2n) is 4.12. The van der Waals surface area contributed by atoms with Gasteiger partial charge in [0.1, 0.15) is 5.82 Å². The molecule has 0 spiro atoms. The highest BCUT2D eigenvalue weighted by Gasteiger charge is 2.07. The van der Waals surface area contributed by atoms with E-state index in [-0.39, 0.29) is 17.7 Å². The predicted octanol–water partition coefficient (Wildman–Crippen LogP) is 0.904. The maximum Gasteiger partial charge on any atom is 0.328 e. The van der Waals surface area contributed by atoms with E-state index >= 15 is 0 Å². The Morgan fingerprint density at radius 1 is 1.42 bits per heavy atom. The number of benzene rings is 1. The van der Waals surface area contributed by atoms with Gasteiger partial charge in [-0.15, -0.1) is 0 Å². The number of halogens is 1. The van der Waals surface area contributed by atoms with E-state index in [0.29, 0.717) is 5.56 Å². The molecule has 1 N–H and O–H groups in total. The van der Waals surface area contributed by atoms with Gasteiger partial charge < -0.3 is 0 Å². The van der Waals surface area contributed by atoms with Crippen molar-refractivity contribution in [1.82, 2.24) is 9.55 Å². The molecular formula is C13H10FN3O2.